The molecule has 2 aromatic rings. The lowest BCUT2D eigenvalue weighted by Gasteiger charge is -2.18. The summed E-state index contributed by atoms with van der Waals surface area (Å²) in [5.74, 6) is 0.171. The third-order valence-electron chi connectivity index (χ3n) is 3.68. The van der Waals surface area contributed by atoms with Crippen molar-refractivity contribution in [3.05, 3.63) is 39.4 Å². The fourth-order valence-electron chi connectivity index (χ4n) is 2.16. The Morgan fingerprint density at radius 1 is 1.30 bits per heavy atom. The van der Waals surface area contributed by atoms with E-state index in [1.165, 1.54) is 4.57 Å². The van der Waals surface area contributed by atoms with Crippen LogP contribution in [0.15, 0.2) is 16.9 Å². The molecule has 0 radical (unpaired) electrons. The van der Waals surface area contributed by atoms with E-state index in [0.717, 1.165) is 11.1 Å². The third-order valence-corrected chi connectivity index (χ3v) is 4.29. The Bertz CT molecular complexity index is 819. The van der Waals surface area contributed by atoms with Crippen LogP contribution in [0.25, 0.3) is 10.9 Å². The maximum Gasteiger partial charge on any atom is 0.312 e. The highest BCUT2D eigenvalue weighted by atomic mass is 79.9. The number of hydrogen-bond acceptors (Lipinski definition) is 4. The summed E-state index contributed by atoms with van der Waals surface area (Å²) < 4.78 is 6.65. The second-order valence-electron chi connectivity index (χ2n) is 6.63. The molecule has 0 atom stereocenters. The molecular formula is C17H21BrN2O3. The van der Waals surface area contributed by atoms with Gasteiger partial charge in [-0.3, -0.25) is 14.2 Å². The molecule has 0 N–H and O–H groups in total. The van der Waals surface area contributed by atoms with Crippen LogP contribution in [0.4, 0.5) is 0 Å². The van der Waals surface area contributed by atoms with Crippen LogP contribution in [0.3, 0.4) is 0 Å². The largest absolute Gasteiger partial charge is 0.443 e. The molecule has 0 saturated carbocycles. The summed E-state index contributed by atoms with van der Waals surface area (Å²) >= 11 is 3.42. The van der Waals surface area contributed by atoms with Crippen molar-refractivity contribution in [2.24, 2.45) is 5.41 Å². The number of esters is 1. The van der Waals surface area contributed by atoms with Crippen molar-refractivity contribution >= 4 is 32.8 Å². The first-order chi connectivity index (χ1) is 10.6. The summed E-state index contributed by atoms with van der Waals surface area (Å²) in [4.78, 5) is 29.1. The molecule has 1 aromatic carbocycles. The van der Waals surface area contributed by atoms with E-state index >= 15 is 0 Å². The van der Waals surface area contributed by atoms with Gasteiger partial charge in [0.1, 0.15) is 5.82 Å². The number of carbonyl (C=O) groups is 1. The Hall–Kier alpha value is -1.69. The van der Waals surface area contributed by atoms with Gasteiger partial charge >= 0.3 is 5.97 Å². The average Bonchev–Trinajstić information content (AvgIpc) is 2.45. The summed E-state index contributed by atoms with van der Waals surface area (Å²) in [6.45, 7) is 8.92. The molecular weight excluding hydrogens is 360 g/mol. The van der Waals surface area contributed by atoms with E-state index in [1.54, 1.807) is 27.7 Å². The minimum atomic E-state index is -0.609. The van der Waals surface area contributed by atoms with Crippen LogP contribution >= 0.6 is 15.9 Å². The summed E-state index contributed by atoms with van der Waals surface area (Å²) in [7, 11) is 0. The summed E-state index contributed by atoms with van der Waals surface area (Å²) in [5.41, 5.74) is 1.97. The number of halogens is 1. The molecule has 0 unspecified atom stereocenters. The molecule has 5 nitrogen and oxygen atoms in total. The number of carbonyl (C=O) groups excluding carboxylic acids is 1. The summed E-state index contributed by atoms with van der Waals surface area (Å²) in [6.07, 6.45) is 0. The number of benzene rings is 1. The van der Waals surface area contributed by atoms with E-state index in [1.807, 2.05) is 19.1 Å². The molecule has 0 fully saturated rings. The molecule has 0 saturated heterocycles. The minimum absolute atomic E-state index is 0.124. The van der Waals surface area contributed by atoms with Crippen LogP contribution in [-0.2, 0) is 21.6 Å². The van der Waals surface area contributed by atoms with Crippen molar-refractivity contribution in [2.75, 3.05) is 0 Å². The lowest BCUT2D eigenvalue weighted by atomic mass is 9.98. The number of alkyl halides is 1. The molecule has 124 valence electrons. The molecule has 0 aliphatic carbocycles. The van der Waals surface area contributed by atoms with Gasteiger partial charge in [-0.25, -0.2) is 4.98 Å². The van der Waals surface area contributed by atoms with Gasteiger partial charge < -0.3 is 4.74 Å². The van der Waals surface area contributed by atoms with Crippen LogP contribution < -0.4 is 5.56 Å². The van der Waals surface area contributed by atoms with Gasteiger partial charge in [0.05, 0.1) is 16.3 Å². The van der Waals surface area contributed by atoms with Gasteiger partial charge in [0.15, 0.2) is 6.73 Å². The molecule has 1 aromatic heterocycles. The highest BCUT2D eigenvalue weighted by Gasteiger charge is 2.23. The van der Waals surface area contributed by atoms with Crippen LogP contribution in [-0.4, -0.2) is 15.5 Å². The molecule has 0 aliphatic heterocycles. The van der Waals surface area contributed by atoms with Gasteiger partial charge in [-0.15, -0.1) is 0 Å². The van der Waals surface area contributed by atoms with Crippen LogP contribution in [0.5, 0.6) is 0 Å². The topological polar surface area (TPSA) is 61.2 Å². The lowest BCUT2D eigenvalue weighted by Crippen LogP contribution is -2.30. The Balaban J connectivity index is 2.47. The van der Waals surface area contributed by atoms with Crippen molar-refractivity contribution in [2.45, 2.75) is 46.7 Å². The minimum Gasteiger partial charge on any atom is -0.443 e. The van der Waals surface area contributed by atoms with Gasteiger partial charge in [-0.1, -0.05) is 15.9 Å². The van der Waals surface area contributed by atoms with Gasteiger partial charge in [-0.05, 0) is 57.9 Å². The average molecular weight is 381 g/mol. The number of rotatable bonds is 3. The molecule has 2 rings (SSSR count). The van der Waals surface area contributed by atoms with E-state index in [-0.39, 0.29) is 18.3 Å². The number of aryl methyl sites for hydroxylation is 2. The lowest BCUT2D eigenvalue weighted by molar-refractivity contribution is -0.157. The zero-order chi connectivity index (χ0) is 17.4. The first-order valence-electron chi connectivity index (χ1n) is 7.39. The highest BCUT2D eigenvalue weighted by molar-refractivity contribution is 9.08. The standard InChI is InChI=1S/C17H21BrN2O3/c1-10-6-14-13(7-12(10)8-18)15(21)20(11(2)19-14)9-23-16(22)17(3,4)5/h6-7H,8-9H2,1-5H3. The number of aromatic nitrogens is 2. The first kappa shape index (κ1) is 17.7. The van der Waals surface area contributed by atoms with E-state index in [0.29, 0.717) is 22.1 Å². The second kappa shape index (κ2) is 6.43. The van der Waals surface area contributed by atoms with E-state index in [9.17, 15) is 9.59 Å². The highest BCUT2D eigenvalue weighted by Crippen LogP contribution is 2.19. The Labute approximate surface area is 143 Å². The van der Waals surface area contributed by atoms with E-state index in [4.69, 9.17) is 4.74 Å². The summed E-state index contributed by atoms with van der Waals surface area (Å²) in [6, 6.07) is 3.75. The quantitative estimate of drug-likeness (QED) is 0.604. The second-order valence-corrected chi connectivity index (χ2v) is 7.19. The number of ether oxygens (including phenoxy) is 1. The summed E-state index contributed by atoms with van der Waals surface area (Å²) in [5, 5.41) is 1.20. The molecule has 6 heteroatoms. The molecule has 0 amide bonds. The predicted molar refractivity (Wildman–Crippen MR) is 93.7 cm³/mol. The van der Waals surface area contributed by atoms with E-state index < -0.39 is 5.41 Å². The monoisotopic (exact) mass is 380 g/mol. The van der Waals surface area contributed by atoms with Crippen molar-refractivity contribution in [1.82, 2.24) is 9.55 Å². The van der Waals surface area contributed by atoms with Gasteiger partial charge in [-0.2, -0.15) is 0 Å². The maximum atomic E-state index is 12.7. The van der Waals surface area contributed by atoms with Crippen molar-refractivity contribution in [1.29, 1.82) is 0 Å². The maximum absolute atomic E-state index is 12.7. The smallest absolute Gasteiger partial charge is 0.312 e. The molecule has 1 heterocycles. The number of fused-ring (bicyclic) bond motifs is 1. The third kappa shape index (κ3) is 3.63. The Morgan fingerprint density at radius 3 is 2.52 bits per heavy atom. The van der Waals surface area contributed by atoms with Gasteiger partial charge in [0.2, 0.25) is 0 Å². The zero-order valence-electron chi connectivity index (χ0n) is 14.1. The first-order valence-corrected chi connectivity index (χ1v) is 8.51. The number of nitrogens with zero attached hydrogens (tertiary/aromatic N) is 2. The molecule has 0 spiro atoms. The Kier molecular flexibility index (Phi) is 4.94. The van der Waals surface area contributed by atoms with Gasteiger partial charge in [0, 0.05) is 5.33 Å². The van der Waals surface area contributed by atoms with Crippen LogP contribution in [0, 0.1) is 19.3 Å². The fourth-order valence-corrected chi connectivity index (χ4v) is 2.77. The SMILES string of the molecule is Cc1cc2nc(C)n(COC(=O)C(C)(C)C)c(=O)c2cc1CBr. The van der Waals surface area contributed by atoms with E-state index in [2.05, 4.69) is 20.9 Å². The van der Waals surface area contributed by atoms with Crippen molar-refractivity contribution in [3.63, 3.8) is 0 Å². The molecule has 23 heavy (non-hydrogen) atoms. The van der Waals surface area contributed by atoms with Gasteiger partial charge in [0.25, 0.3) is 5.56 Å². The van der Waals surface area contributed by atoms with Crippen molar-refractivity contribution < 1.29 is 9.53 Å². The number of hydrogen-bond donors (Lipinski definition) is 0. The zero-order valence-corrected chi connectivity index (χ0v) is 15.7. The predicted octanol–water partition coefficient (Wildman–Crippen LogP) is 3.46. The fraction of sp³-hybridized carbons (Fsp3) is 0.471. The normalized spacial score (nSPS) is 11.7. The molecule has 0 aliphatic rings. The van der Waals surface area contributed by atoms with Crippen LogP contribution in [0.2, 0.25) is 0 Å². The Morgan fingerprint density at radius 2 is 1.96 bits per heavy atom. The molecule has 0 bridgehead atoms. The van der Waals surface area contributed by atoms with Crippen molar-refractivity contribution in [3.8, 4) is 0 Å². The van der Waals surface area contributed by atoms with Crippen LogP contribution in [0.1, 0.15) is 37.7 Å².